The first kappa shape index (κ1) is 14.5. The van der Waals surface area contributed by atoms with Crippen LogP contribution in [0.4, 0.5) is 0 Å². The lowest BCUT2D eigenvalue weighted by Gasteiger charge is -2.31. The normalized spacial score (nSPS) is 28.0. The lowest BCUT2D eigenvalue weighted by Crippen LogP contribution is -2.50. The van der Waals surface area contributed by atoms with E-state index in [0.717, 1.165) is 17.7 Å². The molecule has 2 atom stereocenters. The Bertz CT molecular complexity index is 585. The van der Waals surface area contributed by atoms with Crippen LogP contribution in [0, 0.1) is 6.92 Å². The third-order valence-electron chi connectivity index (χ3n) is 4.48. The van der Waals surface area contributed by atoms with Crippen molar-refractivity contribution in [3.63, 3.8) is 0 Å². The van der Waals surface area contributed by atoms with Crippen molar-refractivity contribution < 1.29 is 14.0 Å². The summed E-state index contributed by atoms with van der Waals surface area (Å²) in [6.45, 7) is 4.47. The Morgan fingerprint density at radius 3 is 3.05 bits per heavy atom. The summed E-state index contributed by atoms with van der Waals surface area (Å²) in [5, 5.41) is 0. The monoisotopic (exact) mass is 308 g/mol. The minimum Gasteiger partial charge on any atom is -0.469 e. The van der Waals surface area contributed by atoms with E-state index in [4.69, 9.17) is 4.42 Å². The molecule has 0 unspecified atom stereocenters. The highest BCUT2D eigenvalue weighted by atomic mass is 32.2. The molecule has 6 heteroatoms. The predicted molar refractivity (Wildman–Crippen MR) is 80.7 cm³/mol. The number of carbonyl (C=O) groups excluding carboxylic acids is 2. The van der Waals surface area contributed by atoms with Gasteiger partial charge in [0.2, 0.25) is 11.8 Å². The van der Waals surface area contributed by atoms with E-state index in [9.17, 15) is 9.59 Å². The molecule has 0 radical (unpaired) electrons. The molecule has 21 heavy (non-hydrogen) atoms. The van der Waals surface area contributed by atoms with Gasteiger partial charge in [-0.2, -0.15) is 0 Å². The first-order chi connectivity index (χ1) is 9.92. The van der Waals surface area contributed by atoms with Crippen LogP contribution in [0.1, 0.15) is 31.1 Å². The highest BCUT2D eigenvalue weighted by molar-refractivity contribution is 8.01. The van der Waals surface area contributed by atoms with Crippen molar-refractivity contribution in [2.24, 2.45) is 0 Å². The van der Waals surface area contributed by atoms with E-state index in [1.165, 1.54) is 0 Å². The van der Waals surface area contributed by atoms with E-state index >= 15 is 0 Å². The van der Waals surface area contributed by atoms with Gasteiger partial charge in [0.15, 0.2) is 0 Å². The van der Waals surface area contributed by atoms with Crippen LogP contribution in [0.2, 0.25) is 0 Å². The van der Waals surface area contributed by atoms with Gasteiger partial charge in [0.05, 0.1) is 11.1 Å². The Balaban J connectivity index is 1.73. The minimum atomic E-state index is -0.327. The molecule has 0 N–H and O–H groups in total. The molecule has 0 aliphatic carbocycles. The third-order valence-corrected chi connectivity index (χ3v) is 5.99. The molecule has 0 saturated carbocycles. The van der Waals surface area contributed by atoms with Crippen molar-refractivity contribution in [3.8, 4) is 0 Å². The van der Waals surface area contributed by atoms with Gasteiger partial charge >= 0.3 is 0 Å². The van der Waals surface area contributed by atoms with Gasteiger partial charge in [0.1, 0.15) is 11.8 Å². The maximum atomic E-state index is 12.7. The number of amides is 2. The Hall–Kier alpha value is -1.43. The number of carbonyl (C=O) groups is 2. The van der Waals surface area contributed by atoms with Crippen LogP contribution < -0.4 is 0 Å². The number of nitrogens with zero attached hydrogens (tertiary/aromatic N) is 2. The van der Waals surface area contributed by atoms with Crippen LogP contribution in [0.25, 0.3) is 0 Å². The van der Waals surface area contributed by atoms with Gasteiger partial charge in [0.25, 0.3) is 0 Å². The second-order valence-corrected chi connectivity index (χ2v) is 7.46. The van der Waals surface area contributed by atoms with E-state index in [-0.39, 0.29) is 22.7 Å². The van der Waals surface area contributed by atoms with Crippen molar-refractivity contribution in [2.45, 2.75) is 44.1 Å². The van der Waals surface area contributed by atoms with Crippen LogP contribution >= 0.6 is 11.8 Å². The Labute approximate surface area is 128 Å². The smallest absolute Gasteiger partial charge is 0.246 e. The maximum absolute atomic E-state index is 12.7. The number of furan rings is 1. The van der Waals surface area contributed by atoms with E-state index in [2.05, 4.69) is 6.92 Å². The summed E-state index contributed by atoms with van der Waals surface area (Å²) >= 11 is 1.72. The zero-order valence-electron chi connectivity index (χ0n) is 12.6. The lowest BCUT2D eigenvalue weighted by atomic mass is 10.2. The standard InChI is InChI=1S/C15H20N2O3S/c1-10-11(5-7-20-10)8-16(3)14(19)12-9-21-15(2)6-4-13(18)17(12)15/h5,7,12H,4,6,8-9H2,1-3H3/t12-,15-/m0/s1. The molecule has 2 aliphatic rings. The molecule has 2 saturated heterocycles. The molecule has 1 aromatic heterocycles. The van der Waals surface area contributed by atoms with Gasteiger partial charge in [0, 0.05) is 31.3 Å². The summed E-state index contributed by atoms with van der Waals surface area (Å²) in [5.74, 6) is 1.64. The molecule has 2 amide bonds. The summed E-state index contributed by atoms with van der Waals surface area (Å²) < 4.78 is 5.27. The van der Waals surface area contributed by atoms with Crippen LogP contribution in [-0.2, 0) is 16.1 Å². The van der Waals surface area contributed by atoms with Gasteiger partial charge in [-0.1, -0.05) is 0 Å². The SMILES string of the molecule is Cc1occc1CN(C)C(=O)[C@@H]1CS[C@@]2(C)CCC(=O)N12. The van der Waals surface area contributed by atoms with Crippen LogP contribution in [0.15, 0.2) is 16.7 Å². The third kappa shape index (κ3) is 2.35. The number of hydrogen-bond acceptors (Lipinski definition) is 4. The van der Waals surface area contributed by atoms with E-state index in [1.807, 2.05) is 13.0 Å². The van der Waals surface area contributed by atoms with Crippen molar-refractivity contribution in [3.05, 3.63) is 23.7 Å². The molecule has 0 bridgehead atoms. The molecule has 2 fully saturated rings. The van der Waals surface area contributed by atoms with Crippen molar-refractivity contribution >= 4 is 23.6 Å². The summed E-state index contributed by atoms with van der Waals surface area (Å²) in [5.41, 5.74) is 1.01. The summed E-state index contributed by atoms with van der Waals surface area (Å²) in [6, 6.07) is 1.56. The average Bonchev–Trinajstić information content (AvgIpc) is 3.07. The Kier molecular flexibility index (Phi) is 3.51. The first-order valence-electron chi connectivity index (χ1n) is 7.16. The molecular formula is C15H20N2O3S. The largest absolute Gasteiger partial charge is 0.469 e. The van der Waals surface area contributed by atoms with Gasteiger partial charge < -0.3 is 14.2 Å². The van der Waals surface area contributed by atoms with E-state index in [1.54, 1.807) is 34.9 Å². The molecule has 1 aromatic rings. The number of aryl methyl sites for hydroxylation is 1. The zero-order valence-corrected chi connectivity index (χ0v) is 13.4. The minimum absolute atomic E-state index is 0.0158. The molecule has 5 nitrogen and oxygen atoms in total. The fraction of sp³-hybridized carbons (Fsp3) is 0.600. The van der Waals surface area contributed by atoms with Crippen molar-refractivity contribution in [2.75, 3.05) is 12.8 Å². The average molecular weight is 308 g/mol. The topological polar surface area (TPSA) is 53.8 Å². The van der Waals surface area contributed by atoms with Gasteiger partial charge in [-0.15, -0.1) is 11.8 Å². The summed E-state index contributed by atoms with van der Waals surface area (Å²) in [4.78, 5) is 28.1. The summed E-state index contributed by atoms with van der Waals surface area (Å²) in [7, 11) is 1.79. The fourth-order valence-corrected chi connectivity index (χ4v) is 4.59. The van der Waals surface area contributed by atoms with Crippen molar-refractivity contribution in [1.29, 1.82) is 0 Å². The van der Waals surface area contributed by atoms with Gasteiger partial charge in [-0.25, -0.2) is 0 Å². The van der Waals surface area contributed by atoms with Crippen LogP contribution in [-0.4, -0.2) is 45.3 Å². The van der Waals surface area contributed by atoms with Crippen LogP contribution in [0.3, 0.4) is 0 Å². The Morgan fingerprint density at radius 2 is 2.38 bits per heavy atom. The molecule has 0 spiro atoms. The van der Waals surface area contributed by atoms with Gasteiger partial charge in [-0.3, -0.25) is 9.59 Å². The van der Waals surface area contributed by atoms with E-state index < -0.39 is 0 Å². The van der Waals surface area contributed by atoms with E-state index in [0.29, 0.717) is 18.7 Å². The molecular weight excluding hydrogens is 288 g/mol. The number of rotatable bonds is 3. The highest BCUT2D eigenvalue weighted by Gasteiger charge is 2.53. The van der Waals surface area contributed by atoms with Gasteiger partial charge in [-0.05, 0) is 26.3 Å². The molecule has 114 valence electrons. The zero-order chi connectivity index (χ0) is 15.2. The van der Waals surface area contributed by atoms with Crippen LogP contribution in [0.5, 0.6) is 0 Å². The Morgan fingerprint density at radius 1 is 1.62 bits per heavy atom. The quantitative estimate of drug-likeness (QED) is 0.857. The molecule has 3 heterocycles. The second kappa shape index (κ2) is 5.09. The highest BCUT2D eigenvalue weighted by Crippen LogP contribution is 2.47. The molecule has 0 aromatic carbocycles. The van der Waals surface area contributed by atoms with Crippen molar-refractivity contribution in [1.82, 2.24) is 9.80 Å². The number of thioether (sulfide) groups is 1. The molecule has 3 rings (SSSR count). The molecule has 2 aliphatic heterocycles. The lowest BCUT2D eigenvalue weighted by molar-refractivity contribution is -0.143. The first-order valence-corrected chi connectivity index (χ1v) is 8.15. The maximum Gasteiger partial charge on any atom is 0.246 e. The number of likely N-dealkylation sites (N-methyl/N-ethyl adjacent to an activating group) is 1. The predicted octanol–water partition coefficient (Wildman–Crippen LogP) is 2.00. The fourth-order valence-electron chi connectivity index (χ4n) is 3.17. The second-order valence-electron chi connectivity index (χ2n) is 5.96. The number of fused-ring (bicyclic) bond motifs is 1. The number of hydrogen-bond donors (Lipinski definition) is 0. The summed E-state index contributed by atoms with van der Waals surface area (Å²) in [6.07, 6.45) is 3.03.